The summed E-state index contributed by atoms with van der Waals surface area (Å²) < 4.78 is 4.92. The van der Waals surface area contributed by atoms with Gasteiger partial charge in [-0.2, -0.15) is 4.98 Å². The Kier molecular flexibility index (Phi) is 1.83. The van der Waals surface area contributed by atoms with Gasteiger partial charge >= 0.3 is 0 Å². The maximum Gasteiger partial charge on any atom is 0.252 e. The number of aliphatic hydroxyl groups is 1. The second kappa shape index (κ2) is 3.05. The lowest BCUT2D eigenvalue weighted by Gasteiger charge is -2.17. The Hall–Kier alpha value is -0.900. The molecule has 2 aliphatic rings. The first-order valence-electron chi connectivity index (χ1n) is 5.30. The van der Waals surface area contributed by atoms with Crippen molar-refractivity contribution < 1.29 is 9.63 Å². The Morgan fingerprint density at radius 3 is 2.86 bits per heavy atom. The van der Waals surface area contributed by atoms with Crippen LogP contribution in [0.1, 0.15) is 43.3 Å². The third-order valence-electron chi connectivity index (χ3n) is 3.69. The van der Waals surface area contributed by atoms with Gasteiger partial charge < -0.3 is 9.63 Å². The van der Waals surface area contributed by atoms with Crippen LogP contribution in [-0.4, -0.2) is 15.2 Å². The molecular formula is C10H14N2O2. The molecule has 0 spiro atoms. The standard InChI is InChI=1S/C10H14N2O2/c13-5-9-11-10(12-14-9)8-4-6-1-2-7(8)3-6/h6-8,13H,1-5H2. The van der Waals surface area contributed by atoms with Gasteiger partial charge in [-0.05, 0) is 31.1 Å². The van der Waals surface area contributed by atoms with E-state index in [4.69, 9.17) is 9.63 Å². The lowest BCUT2D eigenvalue weighted by Crippen LogP contribution is -2.10. The smallest absolute Gasteiger partial charge is 0.252 e. The zero-order valence-electron chi connectivity index (χ0n) is 8.02. The summed E-state index contributed by atoms with van der Waals surface area (Å²) in [5, 5.41) is 12.8. The molecule has 2 fully saturated rings. The Balaban J connectivity index is 1.82. The highest BCUT2D eigenvalue weighted by molar-refractivity contribution is 5.06. The zero-order chi connectivity index (χ0) is 9.54. The summed E-state index contributed by atoms with van der Waals surface area (Å²) in [6.07, 6.45) is 5.26. The fourth-order valence-corrected chi connectivity index (χ4v) is 3.04. The predicted octanol–water partition coefficient (Wildman–Crippen LogP) is 1.47. The van der Waals surface area contributed by atoms with Crippen LogP contribution < -0.4 is 0 Å². The van der Waals surface area contributed by atoms with E-state index in [0.717, 1.165) is 17.7 Å². The Labute approximate surface area is 82.3 Å². The summed E-state index contributed by atoms with van der Waals surface area (Å²) in [5.41, 5.74) is 0. The average molecular weight is 194 g/mol. The van der Waals surface area contributed by atoms with Crippen LogP contribution in [-0.2, 0) is 6.61 Å². The van der Waals surface area contributed by atoms with E-state index in [0.29, 0.717) is 11.8 Å². The molecule has 3 atom stereocenters. The van der Waals surface area contributed by atoms with E-state index in [-0.39, 0.29) is 6.61 Å². The first-order valence-corrected chi connectivity index (χ1v) is 5.30. The summed E-state index contributed by atoms with van der Waals surface area (Å²) in [5.74, 6) is 3.33. The summed E-state index contributed by atoms with van der Waals surface area (Å²) in [7, 11) is 0. The van der Waals surface area contributed by atoms with Crippen LogP contribution in [0, 0.1) is 11.8 Å². The van der Waals surface area contributed by atoms with Crippen LogP contribution in [0.2, 0.25) is 0 Å². The first kappa shape index (κ1) is 8.41. The monoisotopic (exact) mass is 194 g/mol. The van der Waals surface area contributed by atoms with Gasteiger partial charge in [0.15, 0.2) is 5.82 Å². The van der Waals surface area contributed by atoms with Crippen molar-refractivity contribution in [2.75, 3.05) is 0 Å². The largest absolute Gasteiger partial charge is 0.387 e. The molecule has 3 rings (SSSR count). The highest BCUT2D eigenvalue weighted by atomic mass is 16.5. The van der Waals surface area contributed by atoms with E-state index in [1.54, 1.807) is 0 Å². The first-order chi connectivity index (χ1) is 6.86. The van der Waals surface area contributed by atoms with Crippen molar-refractivity contribution in [2.45, 2.75) is 38.2 Å². The molecule has 2 bridgehead atoms. The van der Waals surface area contributed by atoms with Crippen molar-refractivity contribution in [1.29, 1.82) is 0 Å². The minimum absolute atomic E-state index is 0.145. The molecule has 1 heterocycles. The Morgan fingerprint density at radius 1 is 1.36 bits per heavy atom. The van der Waals surface area contributed by atoms with Gasteiger partial charge in [-0.15, -0.1) is 0 Å². The molecule has 2 saturated carbocycles. The van der Waals surface area contributed by atoms with Crippen LogP contribution in [0.25, 0.3) is 0 Å². The molecule has 4 nitrogen and oxygen atoms in total. The van der Waals surface area contributed by atoms with Gasteiger partial charge in [0.2, 0.25) is 0 Å². The number of fused-ring (bicyclic) bond motifs is 2. The van der Waals surface area contributed by atoms with Crippen LogP contribution >= 0.6 is 0 Å². The molecule has 0 saturated heterocycles. The molecule has 2 aliphatic carbocycles. The topological polar surface area (TPSA) is 59.2 Å². The van der Waals surface area contributed by atoms with Gasteiger partial charge in [-0.25, -0.2) is 0 Å². The second-order valence-electron chi connectivity index (χ2n) is 4.49. The van der Waals surface area contributed by atoms with Gasteiger partial charge in [0.1, 0.15) is 6.61 Å². The maximum atomic E-state index is 8.83. The minimum Gasteiger partial charge on any atom is -0.387 e. The van der Waals surface area contributed by atoms with Gasteiger partial charge in [-0.1, -0.05) is 11.6 Å². The lowest BCUT2D eigenvalue weighted by molar-refractivity contribution is 0.222. The normalized spacial score (nSPS) is 35.4. The van der Waals surface area contributed by atoms with Gasteiger partial charge in [-0.3, -0.25) is 0 Å². The van der Waals surface area contributed by atoms with Crippen LogP contribution in [0.3, 0.4) is 0 Å². The fourth-order valence-electron chi connectivity index (χ4n) is 3.04. The maximum absolute atomic E-state index is 8.83. The number of aliphatic hydroxyl groups excluding tert-OH is 1. The van der Waals surface area contributed by atoms with Crippen molar-refractivity contribution in [3.8, 4) is 0 Å². The Bertz CT molecular complexity index is 337. The SMILES string of the molecule is OCc1nc(C2CC3CCC2C3)no1. The molecule has 0 amide bonds. The van der Waals surface area contributed by atoms with E-state index in [1.807, 2.05) is 0 Å². The third-order valence-corrected chi connectivity index (χ3v) is 3.69. The van der Waals surface area contributed by atoms with Crippen molar-refractivity contribution in [3.63, 3.8) is 0 Å². The quantitative estimate of drug-likeness (QED) is 0.774. The molecule has 14 heavy (non-hydrogen) atoms. The van der Waals surface area contributed by atoms with Crippen molar-refractivity contribution >= 4 is 0 Å². The number of aromatic nitrogens is 2. The Morgan fingerprint density at radius 2 is 2.29 bits per heavy atom. The molecule has 4 heteroatoms. The number of rotatable bonds is 2. The van der Waals surface area contributed by atoms with Gasteiger partial charge in [0, 0.05) is 5.92 Å². The van der Waals surface area contributed by atoms with E-state index >= 15 is 0 Å². The highest BCUT2D eigenvalue weighted by Crippen LogP contribution is 2.52. The fraction of sp³-hybridized carbons (Fsp3) is 0.800. The van der Waals surface area contributed by atoms with E-state index in [1.165, 1.54) is 25.7 Å². The molecule has 76 valence electrons. The summed E-state index contributed by atoms with van der Waals surface area (Å²) in [4.78, 5) is 4.20. The molecule has 1 aromatic heterocycles. The van der Waals surface area contributed by atoms with Crippen molar-refractivity contribution in [3.05, 3.63) is 11.7 Å². The highest BCUT2D eigenvalue weighted by Gasteiger charge is 2.42. The molecule has 1 N–H and O–H groups in total. The molecule has 0 radical (unpaired) electrons. The van der Waals surface area contributed by atoms with Crippen molar-refractivity contribution in [1.82, 2.24) is 10.1 Å². The molecule has 3 unspecified atom stereocenters. The van der Waals surface area contributed by atoms with Gasteiger partial charge in [0.25, 0.3) is 5.89 Å². The molecule has 1 aromatic rings. The molecule has 0 aliphatic heterocycles. The lowest BCUT2D eigenvalue weighted by atomic mass is 9.88. The molecular weight excluding hydrogens is 180 g/mol. The third kappa shape index (κ3) is 1.17. The number of hydrogen-bond donors (Lipinski definition) is 1. The van der Waals surface area contributed by atoms with E-state index in [2.05, 4.69) is 10.1 Å². The van der Waals surface area contributed by atoms with Crippen LogP contribution in [0.15, 0.2) is 4.52 Å². The predicted molar refractivity (Wildman–Crippen MR) is 48.4 cm³/mol. The number of hydrogen-bond acceptors (Lipinski definition) is 4. The summed E-state index contributed by atoms with van der Waals surface area (Å²) in [6, 6.07) is 0. The molecule has 0 aromatic carbocycles. The summed E-state index contributed by atoms with van der Waals surface area (Å²) >= 11 is 0. The van der Waals surface area contributed by atoms with E-state index in [9.17, 15) is 0 Å². The van der Waals surface area contributed by atoms with E-state index < -0.39 is 0 Å². The average Bonchev–Trinajstić information content (AvgIpc) is 2.93. The number of nitrogens with zero attached hydrogens (tertiary/aromatic N) is 2. The van der Waals surface area contributed by atoms with Crippen LogP contribution in [0.5, 0.6) is 0 Å². The second-order valence-corrected chi connectivity index (χ2v) is 4.49. The minimum atomic E-state index is -0.145. The summed E-state index contributed by atoms with van der Waals surface area (Å²) in [6.45, 7) is -0.145. The van der Waals surface area contributed by atoms with Crippen LogP contribution in [0.4, 0.5) is 0 Å². The van der Waals surface area contributed by atoms with Crippen molar-refractivity contribution in [2.24, 2.45) is 11.8 Å². The van der Waals surface area contributed by atoms with Gasteiger partial charge in [0.05, 0.1) is 0 Å². The zero-order valence-corrected chi connectivity index (χ0v) is 8.02.